The van der Waals surface area contributed by atoms with E-state index in [4.69, 9.17) is 9.84 Å². The zero-order valence-corrected chi connectivity index (χ0v) is 9.36. The molecule has 0 unspecified atom stereocenters. The Labute approximate surface area is 105 Å². The molecule has 2 aromatic carbocycles. The molecule has 0 heterocycles. The minimum absolute atomic E-state index is 0.279. The summed E-state index contributed by atoms with van der Waals surface area (Å²) in [7, 11) is 0. The predicted octanol–water partition coefficient (Wildman–Crippen LogP) is 3.59. The number of hydrogen-bond donors (Lipinski definition) is 1. The Balaban J connectivity index is 2.43. The van der Waals surface area contributed by atoms with Crippen LogP contribution >= 0.6 is 0 Å². The molecule has 19 heavy (non-hydrogen) atoms. The van der Waals surface area contributed by atoms with E-state index < -0.39 is 34.7 Å². The van der Waals surface area contributed by atoms with E-state index in [-0.39, 0.29) is 5.75 Å². The molecule has 0 aliphatic rings. The second-order valence-corrected chi connectivity index (χ2v) is 3.62. The maximum atomic E-state index is 13.4. The number of ether oxygens (including phenoxy) is 1. The van der Waals surface area contributed by atoms with Gasteiger partial charge in [-0.25, -0.2) is 18.0 Å². The minimum Gasteiger partial charge on any atom is -0.478 e. The van der Waals surface area contributed by atoms with Gasteiger partial charge in [0, 0.05) is 6.07 Å². The highest BCUT2D eigenvalue weighted by molar-refractivity contribution is 5.91. The van der Waals surface area contributed by atoms with Gasteiger partial charge >= 0.3 is 5.97 Å². The fourth-order valence-electron chi connectivity index (χ4n) is 1.43. The SMILES string of the molecule is O=C(O)c1cc(F)ccc1Oc1cc(F)ccc1F. The van der Waals surface area contributed by atoms with Crippen molar-refractivity contribution < 1.29 is 27.8 Å². The average molecular weight is 268 g/mol. The highest BCUT2D eigenvalue weighted by Gasteiger charge is 2.15. The highest BCUT2D eigenvalue weighted by atomic mass is 19.1. The number of aromatic carboxylic acids is 1. The van der Waals surface area contributed by atoms with Crippen LogP contribution in [-0.2, 0) is 0 Å². The van der Waals surface area contributed by atoms with Crippen LogP contribution in [0.2, 0.25) is 0 Å². The largest absolute Gasteiger partial charge is 0.478 e. The molecule has 0 bridgehead atoms. The summed E-state index contributed by atoms with van der Waals surface area (Å²) in [5, 5.41) is 8.88. The smallest absolute Gasteiger partial charge is 0.339 e. The summed E-state index contributed by atoms with van der Waals surface area (Å²) < 4.78 is 44.2. The predicted molar refractivity (Wildman–Crippen MR) is 59.8 cm³/mol. The van der Waals surface area contributed by atoms with Gasteiger partial charge in [0.15, 0.2) is 11.6 Å². The highest BCUT2D eigenvalue weighted by Crippen LogP contribution is 2.28. The molecule has 2 rings (SSSR count). The topological polar surface area (TPSA) is 46.5 Å². The van der Waals surface area contributed by atoms with Crippen molar-refractivity contribution in [1.29, 1.82) is 0 Å². The van der Waals surface area contributed by atoms with Crippen LogP contribution in [0.25, 0.3) is 0 Å². The van der Waals surface area contributed by atoms with Gasteiger partial charge in [-0.05, 0) is 30.3 Å². The fraction of sp³-hybridized carbons (Fsp3) is 0. The Morgan fingerprint density at radius 2 is 1.58 bits per heavy atom. The van der Waals surface area contributed by atoms with Crippen molar-refractivity contribution in [2.24, 2.45) is 0 Å². The third kappa shape index (κ3) is 2.85. The van der Waals surface area contributed by atoms with E-state index in [0.29, 0.717) is 0 Å². The molecule has 0 aliphatic carbocycles. The van der Waals surface area contributed by atoms with Gasteiger partial charge in [0.05, 0.1) is 0 Å². The van der Waals surface area contributed by atoms with Crippen LogP contribution in [0.4, 0.5) is 13.2 Å². The molecule has 0 radical (unpaired) electrons. The van der Waals surface area contributed by atoms with Gasteiger partial charge < -0.3 is 9.84 Å². The van der Waals surface area contributed by atoms with E-state index in [1.165, 1.54) is 0 Å². The quantitative estimate of drug-likeness (QED) is 0.925. The van der Waals surface area contributed by atoms with Crippen molar-refractivity contribution in [3.63, 3.8) is 0 Å². The summed E-state index contributed by atoms with van der Waals surface area (Å²) in [5.41, 5.74) is -0.483. The van der Waals surface area contributed by atoms with E-state index in [2.05, 4.69) is 0 Å². The molecule has 0 aliphatic heterocycles. The Hall–Kier alpha value is -2.50. The van der Waals surface area contributed by atoms with E-state index >= 15 is 0 Å². The summed E-state index contributed by atoms with van der Waals surface area (Å²) in [4.78, 5) is 10.9. The molecular weight excluding hydrogens is 261 g/mol. The summed E-state index contributed by atoms with van der Waals surface area (Å²) in [6, 6.07) is 5.22. The van der Waals surface area contributed by atoms with E-state index in [9.17, 15) is 18.0 Å². The second kappa shape index (κ2) is 5.01. The van der Waals surface area contributed by atoms with Crippen molar-refractivity contribution >= 4 is 5.97 Å². The summed E-state index contributed by atoms with van der Waals surface area (Å²) >= 11 is 0. The molecule has 0 saturated carbocycles. The van der Waals surface area contributed by atoms with Crippen molar-refractivity contribution in [1.82, 2.24) is 0 Å². The van der Waals surface area contributed by atoms with Gasteiger partial charge in [-0.2, -0.15) is 0 Å². The summed E-state index contributed by atoms with van der Waals surface area (Å²) in [6.07, 6.45) is 0. The average Bonchev–Trinajstić information content (AvgIpc) is 2.35. The molecule has 98 valence electrons. The molecule has 0 fully saturated rings. The Morgan fingerprint density at radius 3 is 2.26 bits per heavy atom. The van der Waals surface area contributed by atoms with Gasteiger partial charge in [0.2, 0.25) is 0 Å². The molecule has 0 aromatic heterocycles. The minimum atomic E-state index is -1.44. The molecule has 1 N–H and O–H groups in total. The van der Waals surface area contributed by atoms with Crippen molar-refractivity contribution in [2.45, 2.75) is 0 Å². The van der Waals surface area contributed by atoms with Crippen LogP contribution in [0.5, 0.6) is 11.5 Å². The van der Waals surface area contributed by atoms with Crippen LogP contribution < -0.4 is 4.74 Å². The van der Waals surface area contributed by atoms with Gasteiger partial charge in [-0.15, -0.1) is 0 Å². The monoisotopic (exact) mass is 268 g/mol. The van der Waals surface area contributed by atoms with Gasteiger partial charge in [0.1, 0.15) is 22.9 Å². The standard InChI is InChI=1S/C13H7F3O3/c14-7-2-4-11(9(5-7)13(17)18)19-12-6-8(15)1-3-10(12)16/h1-6H,(H,17,18). The lowest BCUT2D eigenvalue weighted by molar-refractivity contribution is 0.0693. The molecule has 6 heteroatoms. The second-order valence-electron chi connectivity index (χ2n) is 3.62. The molecule has 0 amide bonds. The van der Waals surface area contributed by atoms with Gasteiger partial charge in [-0.1, -0.05) is 0 Å². The third-order valence-electron chi connectivity index (χ3n) is 2.29. The maximum absolute atomic E-state index is 13.4. The zero-order chi connectivity index (χ0) is 14.0. The van der Waals surface area contributed by atoms with Crippen molar-refractivity contribution in [2.75, 3.05) is 0 Å². The number of hydrogen-bond acceptors (Lipinski definition) is 2. The van der Waals surface area contributed by atoms with Crippen LogP contribution in [0, 0.1) is 17.5 Å². The summed E-state index contributed by atoms with van der Waals surface area (Å²) in [6.45, 7) is 0. The number of rotatable bonds is 3. The third-order valence-corrected chi connectivity index (χ3v) is 2.29. The number of halogens is 3. The number of carboxylic acids is 1. The van der Waals surface area contributed by atoms with E-state index in [0.717, 1.165) is 36.4 Å². The first-order valence-corrected chi connectivity index (χ1v) is 5.13. The van der Waals surface area contributed by atoms with E-state index in [1.54, 1.807) is 0 Å². The molecular formula is C13H7F3O3. The van der Waals surface area contributed by atoms with Gasteiger partial charge in [-0.3, -0.25) is 0 Å². The molecule has 0 atom stereocenters. The number of carbonyl (C=O) groups is 1. The van der Waals surface area contributed by atoms with E-state index in [1.807, 2.05) is 0 Å². The molecule has 0 spiro atoms. The molecule has 0 saturated heterocycles. The maximum Gasteiger partial charge on any atom is 0.339 e. The molecule has 3 nitrogen and oxygen atoms in total. The van der Waals surface area contributed by atoms with Crippen molar-refractivity contribution in [3.05, 3.63) is 59.4 Å². The zero-order valence-electron chi connectivity index (χ0n) is 9.36. The van der Waals surface area contributed by atoms with Crippen LogP contribution in [-0.4, -0.2) is 11.1 Å². The Morgan fingerprint density at radius 1 is 0.947 bits per heavy atom. The Kier molecular flexibility index (Phi) is 3.41. The lowest BCUT2D eigenvalue weighted by Gasteiger charge is -2.09. The first-order chi connectivity index (χ1) is 8.97. The van der Waals surface area contributed by atoms with Crippen LogP contribution in [0.1, 0.15) is 10.4 Å². The van der Waals surface area contributed by atoms with Crippen LogP contribution in [0.15, 0.2) is 36.4 Å². The first kappa shape index (κ1) is 12.9. The first-order valence-electron chi connectivity index (χ1n) is 5.13. The lowest BCUT2D eigenvalue weighted by Crippen LogP contribution is -2.01. The van der Waals surface area contributed by atoms with Gasteiger partial charge in [0.25, 0.3) is 0 Å². The van der Waals surface area contributed by atoms with Crippen molar-refractivity contribution in [3.8, 4) is 11.5 Å². The Bertz CT molecular complexity index is 641. The number of benzene rings is 2. The summed E-state index contributed by atoms with van der Waals surface area (Å²) in [5.74, 6) is -4.57. The normalized spacial score (nSPS) is 10.3. The lowest BCUT2D eigenvalue weighted by atomic mass is 10.2. The fourth-order valence-corrected chi connectivity index (χ4v) is 1.43. The molecule has 2 aromatic rings. The van der Waals surface area contributed by atoms with Crippen LogP contribution in [0.3, 0.4) is 0 Å². The number of carboxylic acid groups (broad SMARTS) is 1.